The summed E-state index contributed by atoms with van der Waals surface area (Å²) >= 11 is 1.14. The summed E-state index contributed by atoms with van der Waals surface area (Å²) in [6.07, 6.45) is 4.33. The molecule has 31 heavy (non-hydrogen) atoms. The Morgan fingerprint density at radius 2 is 2.10 bits per heavy atom. The Kier molecular flexibility index (Phi) is 5.91. The molecule has 0 saturated heterocycles. The van der Waals surface area contributed by atoms with Crippen molar-refractivity contribution in [1.29, 1.82) is 0 Å². The first-order valence-corrected chi connectivity index (χ1v) is 11.2. The van der Waals surface area contributed by atoms with Crippen LogP contribution in [0.15, 0.2) is 35.4 Å². The number of carbonyl (C=O) groups excluding carboxylic acids is 2. The highest BCUT2D eigenvalue weighted by molar-refractivity contribution is 7.20. The number of benzene rings is 1. The number of likely N-dealkylation sites (N-methyl/N-ethyl adjacent to an activating group) is 1. The van der Waals surface area contributed by atoms with Crippen LogP contribution in [0.4, 0.5) is 0 Å². The maximum atomic E-state index is 13.1. The van der Waals surface area contributed by atoms with Gasteiger partial charge in [0.2, 0.25) is 5.91 Å². The van der Waals surface area contributed by atoms with E-state index >= 15 is 0 Å². The van der Waals surface area contributed by atoms with Crippen molar-refractivity contribution in [2.75, 3.05) is 13.7 Å². The summed E-state index contributed by atoms with van der Waals surface area (Å²) < 4.78 is 6.40. The van der Waals surface area contributed by atoms with Crippen LogP contribution in [0, 0.1) is 6.92 Å². The molecule has 0 bridgehead atoms. The Bertz CT molecular complexity index is 1210. The van der Waals surface area contributed by atoms with Gasteiger partial charge in [-0.25, -0.2) is 9.78 Å². The molecule has 8 heteroatoms. The molecule has 0 radical (unpaired) electrons. The largest absolute Gasteiger partial charge is 0.462 e. The molecule has 3 aromatic rings. The van der Waals surface area contributed by atoms with E-state index in [0.717, 1.165) is 30.6 Å². The Morgan fingerprint density at radius 3 is 2.87 bits per heavy atom. The van der Waals surface area contributed by atoms with Crippen LogP contribution in [0.25, 0.3) is 10.2 Å². The van der Waals surface area contributed by atoms with Crippen LogP contribution in [0.5, 0.6) is 0 Å². The van der Waals surface area contributed by atoms with Crippen molar-refractivity contribution >= 4 is 33.4 Å². The molecule has 0 fully saturated rings. The van der Waals surface area contributed by atoms with Gasteiger partial charge < -0.3 is 9.64 Å². The standard InChI is InChI=1S/C23H25N3O4S/c1-4-30-23(29)20-14(2)19-21(31-20)24-13-26(22(19)28)12-18(27)25(3)17-11-7-9-15-8-5-6-10-16(15)17/h5-6,8,10,13,17H,4,7,9,11-12H2,1-3H3/t17-/m0/s1. The molecule has 1 aliphatic carbocycles. The van der Waals surface area contributed by atoms with Crippen molar-refractivity contribution in [2.45, 2.75) is 45.7 Å². The van der Waals surface area contributed by atoms with E-state index in [9.17, 15) is 14.4 Å². The van der Waals surface area contributed by atoms with Gasteiger partial charge in [-0.05, 0) is 49.8 Å². The summed E-state index contributed by atoms with van der Waals surface area (Å²) in [5.74, 6) is -0.607. The average Bonchev–Trinajstić information content (AvgIpc) is 3.12. The van der Waals surface area contributed by atoms with Gasteiger partial charge in [-0.2, -0.15) is 0 Å². The third-order valence-electron chi connectivity index (χ3n) is 5.88. The fourth-order valence-electron chi connectivity index (χ4n) is 4.22. The monoisotopic (exact) mass is 439 g/mol. The van der Waals surface area contributed by atoms with Crippen molar-refractivity contribution in [2.24, 2.45) is 0 Å². The highest BCUT2D eigenvalue weighted by Gasteiger charge is 2.27. The van der Waals surface area contributed by atoms with E-state index in [2.05, 4.69) is 17.1 Å². The Hall–Kier alpha value is -3.00. The van der Waals surface area contributed by atoms with Crippen LogP contribution in [0.3, 0.4) is 0 Å². The molecule has 0 saturated carbocycles. The molecule has 4 rings (SSSR count). The molecule has 1 amide bonds. The quantitative estimate of drug-likeness (QED) is 0.569. The van der Waals surface area contributed by atoms with Gasteiger partial charge in [0.25, 0.3) is 5.56 Å². The van der Waals surface area contributed by atoms with Crippen molar-refractivity contribution in [3.8, 4) is 0 Å². The van der Waals surface area contributed by atoms with E-state index in [4.69, 9.17) is 4.74 Å². The Balaban J connectivity index is 1.61. The van der Waals surface area contributed by atoms with Gasteiger partial charge in [-0.15, -0.1) is 11.3 Å². The van der Waals surface area contributed by atoms with Crippen LogP contribution in [-0.2, 0) is 22.5 Å². The van der Waals surface area contributed by atoms with Crippen LogP contribution < -0.4 is 5.56 Å². The van der Waals surface area contributed by atoms with E-state index in [1.807, 2.05) is 12.1 Å². The molecule has 1 aliphatic rings. The number of fused-ring (bicyclic) bond motifs is 2. The van der Waals surface area contributed by atoms with E-state index in [1.165, 1.54) is 22.0 Å². The zero-order chi connectivity index (χ0) is 22.1. The van der Waals surface area contributed by atoms with Crippen LogP contribution in [-0.4, -0.2) is 40.0 Å². The minimum absolute atomic E-state index is 0.00291. The van der Waals surface area contributed by atoms with E-state index in [1.54, 1.807) is 25.8 Å². The van der Waals surface area contributed by atoms with Gasteiger partial charge in [0.1, 0.15) is 16.3 Å². The van der Waals surface area contributed by atoms with E-state index in [-0.39, 0.29) is 30.7 Å². The van der Waals surface area contributed by atoms with Gasteiger partial charge >= 0.3 is 5.97 Å². The number of aromatic nitrogens is 2. The molecule has 0 spiro atoms. The molecule has 1 atom stereocenters. The number of nitrogens with zero attached hydrogens (tertiary/aromatic N) is 3. The smallest absolute Gasteiger partial charge is 0.348 e. The number of carbonyl (C=O) groups is 2. The molecule has 2 aromatic heterocycles. The number of esters is 1. The fraction of sp³-hybridized carbons (Fsp3) is 0.391. The maximum absolute atomic E-state index is 13.1. The molecule has 162 valence electrons. The van der Waals surface area contributed by atoms with Gasteiger partial charge in [0.05, 0.1) is 24.4 Å². The van der Waals surface area contributed by atoms with Gasteiger partial charge in [-0.3, -0.25) is 14.2 Å². The number of rotatable bonds is 5. The summed E-state index contributed by atoms with van der Waals surface area (Å²) in [6.45, 7) is 3.61. The summed E-state index contributed by atoms with van der Waals surface area (Å²) in [5, 5.41) is 0.369. The Morgan fingerprint density at radius 1 is 1.32 bits per heavy atom. The van der Waals surface area contributed by atoms with Gasteiger partial charge in [0, 0.05) is 7.05 Å². The lowest BCUT2D eigenvalue weighted by Gasteiger charge is -2.33. The SMILES string of the molecule is CCOC(=O)c1sc2ncn(CC(=O)N(C)[C@H]3CCCc4ccccc43)c(=O)c2c1C. The molecule has 1 aromatic carbocycles. The van der Waals surface area contributed by atoms with Crippen molar-refractivity contribution in [1.82, 2.24) is 14.5 Å². The zero-order valence-electron chi connectivity index (χ0n) is 17.9. The molecule has 0 unspecified atom stereocenters. The lowest BCUT2D eigenvalue weighted by molar-refractivity contribution is -0.133. The Labute approximate surface area is 184 Å². The van der Waals surface area contributed by atoms with Gasteiger partial charge in [0.15, 0.2) is 0 Å². The molecule has 0 aliphatic heterocycles. The second-order valence-electron chi connectivity index (χ2n) is 7.75. The fourth-order valence-corrected chi connectivity index (χ4v) is 5.26. The van der Waals surface area contributed by atoms with Crippen molar-refractivity contribution in [3.05, 3.63) is 62.5 Å². The number of hydrogen-bond acceptors (Lipinski definition) is 6. The second kappa shape index (κ2) is 8.63. The third-order valence-corrected chi connectivity index (χ3v) is 7.06. The summed E-state index contributed by atoms with van der Waals surface area (Å²) in [6, 6.07) is 8.22. The average molecular weight is 440 g/mol. The molecule has 7 nitrogen and oxygen atoms in total. The summed E-state index contributed by atoms with van der Waals surface area (Å²) in [4.78, 5) is 45.2. The normalized spacial score (nSPS) is 15.5. The second-order valence-corrected chi connectivity index (χ2v) is 8.74. The third kappa shape index (κ3) is 3.87. The lowest BCUT2D eigenvalue weighted by atomic mass is 9.87. The first kappa shape index (κ1) is 21.2. The number of thiophene rings is 1. The minimum atomic E-state index is -0.458. The highest BCUT2D eigenvalue weighted by Crippen LogP contribution is 2.33. The van der Waals surface area contributed by atoms with Crippen molar-refractivity contribution in [3.63, 3.8) is 0 Å². The molecule has 0 N–H and O–H groups in total. The first-order valence-electron chi connectivity index (χ1n) is 10.4. The zero-order valence-corrected chi connectivity index (χ0v) is 18.7. The van der Waals surface area contributed by atoms with Crippen LogP contribution in [0.1, 0.15) is 52.2 Å². The predicted molar refractivity (Wildman–Crippen MR) is 119 cm³/mol. The first-order chi connectivity index (χ1) is 14.9. The molecular weight excluding hydrogens is 414 g/mol. The van der Waals surface area contributed by atoms with E-state index < -0.39 is 5.97 Å². The number of ether oxygens (including phenoxy) is 1. The van der Waals surface area contributed by atoms with Crippen LogP contribution in [0.2, 0.25) is 0 Å². The minimum Gasteiger partial charge on any atom is -0.462 e. The lowest BCUT2D eigenvalue weighted by Crippen LogP contribution is -2.37. The topological polar surface area (TPSA) is 81.5 Å². The van der Waals surface area contributed by atoms with Gasteiger partial charge in [-0.1, -0.05) is 24.3 Å². The summed E-state index contributed by atoms with van der Waals surface area (Å²) in [7, 11) is 1.79. The van der Waals surface area contributed by atoms with Crippen molar-refractivity contribution < 1.29 is 14.3 Å². The molecular formula is C23H25N3O4S. The highest BCUT2D eigenvalue weighted by atomic mass is 32.1. The summed E-state index contributed by atoms with van der Waals surface area (Å²) in [5.41, 5.74) is 2.68. The number of hydrogen-bond donors (Lipinski definition) is 0. The maximum Gasteiger partial charge on any atom is 0.348 e. The van der Waals surface area contributed by atoms with Crippen LogP contribution >= 0.6 is 11.3 Å². The number of aryl methyl sites for hydroxylation is 2. The molecule has 2 heterocycles. The van der Waals surface area contributed by atoms with E-state index in [0.29, 0.717) is 20.7 Å². The predicted octanol–water partition coefficient (Wildman–Crippen LogP) is 3.48. The number of amides is 1.